The van der Waals surface area contributed by atoms with Crippen LogP contribution in [0.4, 0.5) is 0 Å². The van der Waals surface area contributed by atoms with Crippen molar-refractivity contribution < 1.29 is 28.3 Å². The lowest BCUT2D eigenvalue weighted by Gasteiger charge is -2.16. The van der Waals surface area contributed by atoms with Crippen LogP contribution >= 0.6 is 12.2 Å². The van der Waals surface area contributed by atoms with Gasteiger partial charge in [-0.1, -0.05) is 6.07 Å². The molecule has 1 aromatic heterocycles. The molecule has 1 aromatic carbocycles. The summed E-state index contributed by atoms with van der Waals surface area (Å²) in [6.45, 7) is 3.90. The van der Waals surface area contributed by atoms with Crippen molar-refractivity contribution in [2.45, 2.75) is 19.9 Å². The lowest BCUT2D eigenvalue weighted by Crippen LogP contribution is -2.50. The summed E-state index contributed by atoms with van der Waals surface area (Å²) < 4.78 is 16.0. The normalized spacial score (nSPS) is 15.2. The minimum atomic E-state index is -0.538. The number of amides is 3. The maximum Gasteiger partial charge on any atom is 0.257 e. The fourth-order valence-corrected chi connectivity index (χ4v) is 3.35. The lowest BCUT2D eigenvalue weighted by atomic mass is 10.1. The first-order valence-corrected chi connectivity index (χ1v) is 10.9. The molecule has 1 aliphatic heterocycles. The number of carbonyl (C=O) groups is 3. The molecule has 2 heterocycles. The number of thiocarbonyl (C=S) groups is 1. The van der Waals surface area contributed by atoms with Crippen LogP contribution in [0.25, 0.3) is 0 Å². The smallest absolute Gasteiger partial charge is 0.257 e. The Morgan fingerprint density at radius 1 is 1.21 bits per heavy atom. The zero-order chi connectivity index (χ0) is 23.6. The highest BCUT2D eigenvalue weighted by atomic mass is 32.1. The summed E-state index contributed by atoms with van der Waals surface area (Å²) in [5.74, 6) is -0.353. The van der Waals surface area contributed by atoms with Crippen molar-refractivity contribution in [3.05, 3.63) is 54.0 Å². The number of ether oxygens (including phenoxy) is 2. The van der Waals surface area contributed by atoms with Crippen LogP contribution in [0.3, 0.4) is 0 Å². The van der Waals surface area contributed by atoms with E-state index in [1.54, 1.807) is 41.3 Å². The summed E-state index contributed by atoms with van der Waals surface area (Å²) in [4.78, 5) is 38.6. The molecule has 1 aliphatic rings. The molecular formula is C22H26N4O6S. The Kier molecular flexibility index (Phi) is 8.79. The van der Waals surface area contributed by atoms with Crippen molar-refractivity contribution in [3.63, 3.8) is 0 Å². The van der Waals surface area contributed by atoms with E-state index < -0.39 is 17.7 Å². The van der Waals surface area contributed by atoms with E-state index in [-0.39, 0.29) is 24.0 Å². The highest BCUT2D eigenvalue weighted by Crippen LogP contribution is 2.20. The topological polar surface area (TPSA) is 122 Å². The Balaban J connectivity index is 1.42. The summed E-state index contributed by atoms with van der Waals surface area (Å²) in [7, 11) is 0. The zero-order valence-corrected chi connectivity index (χ0v) is 19.0. The number of hydrazine groups is 1. The SMILES string of the molecule is CCOCCOc1cccc(C(=O)NC(=S)NNC(=O)C2CC(=O)N(Cc3ccco3)C2)c1. The fourth-order valence-electron chi connectivity index (χ4n) is 3.21. The van der Waals surface area contributed by atoms with Gasteiger partial charge in [-0.25, -0.2) is 0 Å². The van der Waals surface area contributed by atoms with E-state index in [4.69, 9.17) is 26.1 Å². The fraction of sp³-hybridized carbons (Fsp3) is 0.364. The molecule has 10 nitrogen and oxygen atoms in total. The molecule has 33 heavy (non-hydrogen) atoms. The van der Waals surface area contributed by atoms with Crippen LogP contribution < -0.4 is 20.9 Å². The number of nitrogens with zero attached hydrogens (tertiary/aromatic N) is 1. The molecular weight excluding hydrogens is 448 g/mol. The van der Waals surface area contributed by atoms with Crippen molar-refractivity contribution in [2.24, 2.45) is 5.92 Å². The summed E-state index contributed by atoms with van der Waals surface area (Å²) in [5, 5.41) is 2.41. The Morgan fingerprint density at radius 2 is 2.06 bits per heavy atom. The van der Waals surface area contributed by atoms with Crippen molar-refractivity contribution in [2.75, 3.05) is 26.4 Å². The number of likely N-dealkylation sites (tertiary alicyclic amines) is 1. The van der Waals surface area contributed by atoms with E-state index >= 15 is 0 Å². The van der Waals surface area contributed by atoms with E-state index in [0.29, 0.717) is 43.4 Å². The Morgan fingerprint density at radius 3 is 2.82 bits per heavy atom. The van der Waals surface area contributed by atoms with Crippen LogP contribution in [0.1, 0.15) is 29.5 Å². The van der Waals surface area contributed by atoms with Gasteiger partial charge in [0.25, 0.3) is 5.91 Å². The van der Waals surface area contributed by atoms with Crippen LogP contribution in [0, 0.1) is 5.92 Å². The zero-order valence-electron chi connectivity index (χ0n) is 18.2. The number of furan rings is 1. The third kappa shape index (κ3) is 7.29. The molecule has 3 N–H and O–H groups in total. The first kappa shape index (κ1) is 24.2. The number of rotatable bonds is 9. The lowest BCUT2D eigenvalue weighted by molar-refractivity contribution is -0.129. The van der Waals surface area contributed by atoms with Gasteiger partial charge in [0.2, 0.25) is 11.8 Å². The van der Waals surface area contributed by atoms with Gasteiger partial charge < -0.3 is 18.8 Å². The van der Waals surface area contributed by atoms with Crippen molar-refractivity contribution >= 4 is 35.1 Å². The number of hydrogen-bond acceptors (Lipinski definition) is 7. The van der Waals surface area contributed by atoms with Crippen molar-refractivity contribution in [1.82, 2.24) is 21.1 Å². The summed E-state index contributed by atoms with van der Waals surface area (Å²) >= 11 is 5.08. The van der Waals surface area contributed by atoms with Crippen LogP contribution in [0.5, 0.6) is 5.75 Å². The summed E-state index contributed by atoms with van der Waals surface area (Å²) in [6.07, 6.45) is 1.62. The number of benzene rings is 1. The van der Waals surface area contributed by atoms with E-state index in [0.717, 1.165) is 0 Å². The van der Waals surface area contributed by atoms with Gasteiger partial charge in [-0.15, -0.1) is 0 Å². The highest BCUT2D eigenvalue weighted by Gasteiger charge is 2.34. The van der Waals surface area contributed by atoms with Crippen LogP contribution in [0.2, 0.25) is 0 Å². The first-order valence-electron chi connectivity index (χ1n) is 10.5. The van der Waals surface area contributed by atoms with Crippen LogP contribution in [-0.4, -0.2) is 54.1 Å². The average Bonchev–Trinajstić information content (AvgIpc) is 3.45. The molecule has 0 bridgehead atoms. The molecule has 0 spiro atoms. The molecule has 1 saturated heterocycles. The van der Waals surface area contributed by atoms with Gasteiger partial charge in [-0.3, -0.25) is 30.6 Å². The largest absolute Gasteiger partial charge is 0.491 e. The molecule has 1 atom stereocenters. The minimum Gasteiger partial charge on any atom is -0.491 e. The van der Waals surface area contributed by atoms with Gasteiger partial charge in [0.05, 0.1) is 25.3 Å². The molecule has 0 radical (unpaired) electrons. The molecule has 3 rings (SSSR count). The van der Waals surface area contributed by atoms with E-state index in [9.17, 15) is 14.4 Å². The first-order chi connectivity index (χ1) is 16.0. The van der Waals surface area contributed by atoms with Gasteiger partial charge in [0, 0.05) is 25.1 Å². The van der Waals surface area contributed by atoms with Gasteiger partial charge in [-0.2, -0.15) is 0 Å². The van der Waals surface area contributed by atoms with Gasteiger partial charge in [0.15, 0.2) is 5.11 Å². The Hall–Kier alpha value is -3.44. The molecule has 11 heteroatoms. The number of hydrogen-bond donors (Lipinski definition) is 3. The molecule has 1 fully saturated rings. The summed E-state index contributed by atoms with van der Waals surface area (Å²) in [6, 6.07) is 10.1. The minimum absolute atomic E-state index is 0.0761. The molecule has 176 valence electrons. The second kappa shape index (κ2) is 12.0. The molecule has 1 unspecified atom stereocenters. The predicted octanol–water partition coefficient (Wildman–Crippen LogP) is 1.38. The quantitative estimate of drug-likeness (QED) is 0.283. The van der Waals surface area contributed by atoms with E-state index in [1.807, 2.05) is 6.92 Å². The predicted molar refractivity (Wildman–Crippen MR) is 122 cm³/mol. The summed E-state index contributed by atoms with van der Waals surface area (Å²) in [5.41, 5.74) is 5.29. The Bertz CT molecular complexity index is 981. The van der Waals surface area contributed by atoms with Crippen molar-refractivity contribution in [1.29, 1.82) is 0 Å². The Labute approximate surface area is 196 Å². The highest BCUT2D eigenvalue weighted by molar-refractivity contribution is 7.80. The van der Waals surface area contributed by atoms with Gasteiger partial charge in [0.1, 0.15) is 18.1 Å². The van der Waals surface area contributed by atoms with Gasteiger partial charge in [-0.05, 0) is 49.5 Å². The van der Waals surface area contributed by atoms with Crippen LogP contribution in [-0.2, 0) is 20.9 Å². The average molecular weight is 475 g/mol. The molecule has 2 aromatic rings. The molecule has 0 aliphatic carbocycles. The molecule has 0 saturated carbocycles. The van der Waals surface area contributed by atoms with E-state index in [1.165, 1.54) is 6.26 Å². The van der Waals surface area contributed by atoms with Crippen molar-refractivity contribution in [3.8, 4) is 5.75 Å². The maximum atomic E-state index is 12.4. The van der Waals surface area contributed by atoms with Crippen LogP contribution in [0.15, 0.2) is 47.1 Å². The molecule has 3 amide bonds. The third-order valence-corrected chi connectivity index (χ3v) is 5.04. The second-order valence-corrected chi connectivity index (χ2v) is 7.63. The second-order valence-electron chi connectivity index (χ2n) is 7.23. The third-order valence-electron chi connectivity index (χ3n) is 4.84. The van der Waals surface area contributed by atoms with E-state index in [2.05, 4.69) is 16.2 Å². The number of nitrogens with one attached hydrogen (secondary N) is 3. The standard InChI is InChI=1S/C22H26N4O6S/c1-2-30-9-10-32-17-6-3-5-15(11-17)20(28)23-22(33)25-24-21(29)16-12-19(27)26(13-16)14-18-7-4-8-31-18/h3-8,11,16H,2,9-10,12-14H2,1H3,(H,24,29)(H2,23,25,28,33). The van der Waals surface area contributed by atoms with Gasteiger partial charge >= 0.3 is 0 Å². The monoisotopic (exact) mass is 474 g/mol. The number of carbonyl (C=O) groups excluding carboxylic acids is 3. The maximum absolute atomic E-state index is 12.4.